The van der Waals surface area contributed by atoms with Crippen molar-refractivity contribution in [3.63, 3.8) is 0 Å². The predicted molar refractivity (Wildman–Crippen MR) is 118 cm³/mol. The molecule has 0 amide bonds. The van der Waals surface area contributed by atoms with E-state index in [2.05, 4.69) is 9.97 Å². The number of hydrogen-bond donors (Lipinski definition) is 2. The van der Waals surface area contributed by atoms with Crippen LogP contribution < -0.4 is 0 Å². The van der Waals surface area contributed by atoms with E-state index in [9.17, 15) is 23.6 Å². The first-order valence-corrected chi connectivity index (χ1v) is 11.3. The van der Waals surface area contributed by atoms with Crippen LogP contribution in [0, 0.1) is 11.3 Å². The van der Waals surface area contributed by atoms with E-state index in [1.54, 1.807) is 38.1 Å². The summed E-state index contributed by atoms with van der Waals surface area (Å²) >= 11 is 0. The molecule has 0 unspecified atom stereocenters. The molecule has 0 saturated carbocycles. The van der Waals surface area contributed by atoms with E-state index in [-0.39, 0.29) is 21.9 Å². The van der Waals surface area contributed by atoms with Crippen molar-refractivity contribution in [1.82, 2.24) is 14.3 Å². The SMILES string of the molecule is CCN(CC)S(=O)(=O)c1cccc(C(=O)OCC(O)=C(C#N)c2nc3ccccc3[nH]2)c1. The first kappa shape index (κ1) is 23.0. The van der Waals surface area contributed by atoms with Crippen LogP contribution in [-0.4, -0.2) is 53.5 Å². The number of aliphatic hydroxyl groups is 1. The molecule has 1 heterocycles. The second-order valence-corrected chi connectivity index (χ2v) is 8.67. The monoisotopic (exact) mass is 454 g/mol. The second-order valence-electron chi connectivity index (χ2n) is 6.73. The molecule has 2 N–H and O–H groups in total. The lowest BCUT2D eigenvalue weighted by Crippen LogP contribution is -2.30. The number of H-pyrrole nitrogens is 1. The third-order valence-electron chi connectivity index (χ3n) is 4.78. The molecule has 1 aromatic heterocycles. The van der Waals surface area contributed by atoms with Gasteiger partial charge in [0.25, 0.3) is 0 Å². The largest absolute Gasteiger partial charge is 0.507 e. The Labute approximate surface area is 185 Å². The number of aliphatic hydroxyl groups excluding tert-OH is 1. The summed E-state index contributed by atoms with van der Waals surface area (Å²) in [6.07, 6.45) is 0. The maximum Gasteiger partial charge on any atom is 0.338 e. The summed E-state index contributed by atoms with van der Waals surface area (Å²) in [7, 11) is -3.74. The average molecular weight is 455 g/mol. The van der Waals surface area contributed by atoms with Crippen molar-refractivity contribution in [2.24, 2.45) is 0 Å². The number of esters is 1. The van der Waals surface area contributed by atoms with Crippen molar-refractivity contribution < 1.29 is 23.1 Å². The molecule has 0 aliphatic heterocycles. The van der Waals surface area contributed by atoms with Gasteiger partial charge in [-0.05, 0) is 30.3 Å². The summed E-state index contributed by atoms with van der Waals surface area (Å²) in [5.41, 5.74) is 1.15. The van der Waals surface area contributed by atoms with Gasteiger partial charge in [0.05, 0.1) is 21.5 Å². The van der Waals surface area contributed by atoms with E-state index in [0.29, 0.717) is 24.1 Å². The number of allylic oxidation sites excluding steroid dienone is 1. The number of fused-ring (bicyclic) bond motifs is 1. The van der Waals surface area contributed by atoms with Gasteiger partial charge in [0.2, 0.25) is 10.0 Å². The number of rotatable bonds is 8. The van der Waals surface area contributed by atoms with Crippen LogP contribution in [0.25, 0.3) is 16.6 Å². The zero-order chi connectivity index (χ0) is 23.3. The van der Waals surface area contributed by atoms with Gasteiger partial charge in [-0.25, -0.2) is 18.2 Å². The molecule has 0 spiro atoms. The third-order valence-corrected chi connectivity index (χ3v) is 6.83. The molecule has 0 bridgehead atoms. The molecule has 2 aromatic carbocycles. The van der Waals surface area contributed by atoms with Crippen LogP contribution >= 0.6 is 0 Å². The molecule has 10 heteroatoms. The summed E-state index contributed by atoms with van der Waals surface area (Å²) in [5.74, 6) is -1.17. The van der Waals surface area contributed by atoms with E-state index in [1.165, 1.54) is 28.6 Å². The van der Waals surface area contributed by atoms with Gasteiger partial charge in [0.1, 0.15) is 18.2 Å². The standard InChI is InChI=1S/C22H22N4O5S/c1-3-26(4-2)32(29,30)16-9-7-8-15(12-16)22(28)31-14-20(27)17(13-23)21-24-18-10-5-6-11-19(18)25-21/h5-12,27H,3-4,14H2,1-2H3,(H,24,25). The van der Waals surface area contributed by atoms with E-state index in [4.69, 9.17) is 4.74 Å². The van der Waals surface area contributed by atoms with Crippen LogP contribution in [-0.2, 0) is 14.8 Å². The van der Waals surface area contributed by atoms with Crippen molar-refractivity contribution in [1.29, 1.82) is 5.26 Å². The van der Waals surface area contributed by atoms with Crippen LogP contribution in [0.2, 0.25) is 0 Å². The highest BCUT2D eigenvalue weighted by molar-refractivity contribution is 7.89. The number of sulfonamides is 1. The van der Waals surface area contributed by atoms with Gasteiger partial charge in [-0.15, -0.1) is 0 Å². The Morgan fingerprint density at radius 1 is 1.19 bits per heavy atom. The molecule has 9 nitrogen and oxygen atoms in total. The van der Waals surface area contributed by atoms with Gasteiger partial charge in [-0.1, -0.05) is 32.0 Å². The zero-order valence-electron chi connectivity index (χ0n) is 17.6. The zero-order valence-corrected chi connectivity index (χ0v) is 18.4. The normalized spacial score (nSPS) is 12.4. The van der Waals surface area contributed by atoms with Crippen LogP contribution in [0.3, 0.4) is 0 Å². The van der Waals surface area contributed by atoms with Crippen molar-refractivity contribution in [3.05, 3.63) is 65.7 Å². The Morgan fingerprint density at radius 2 is 1.91 bits per heavy atom. The van der Waals surface area contributed by atoms with Crippen molar-refractivity contribution in [2.75, 3.05) is 19.7 Å². The minimum Gasteiger partial charge on any atom is -0.507 e. The highest BCUT2D eigenvalue weighted by atomic mass is 32.2. The Morgan fingerprint density at radius 3 is 2.56 bits per heavy atom. The van der Waals surface area contributed by atoms with Crippen molar-refractivity contribution in [3.8, 4) is 6.07 Å². The van der Waals surface area contributed by atoms with Crippen LogP contribution in [0.5, 0.6) is 0 Å². The highest BCUT2D eigenvalue weighted by Gasteiger charge is 2.23. The lowest BCUT2D eigenvalue weighted by Gasteiger charge is -2.18. The number of para-hydroxylation sites is 2. The smallest absolute Gasteiger partial charge is 0.338 e. The fourth-order valence-electron chi connectivity index (χ4n) is 3.11. The van der Waals surface area contributed by atoms with Crippen LogP contribution in [0.1, 0.15) is 30.0 Å². The second kappa shape index (κ2) is 9.64. The summed E-state index contributed by atoms with van der Waals surface area (Å²) in [5, 5.41) is 19.8. The molecule has 0 fully saturated rings. The average Bonchev–Trinajstić information content (AvgIpc) is 3.22. The maximum atomic E-state index is 12.7. The molecule has 166 valence electrons. The molecule has 0 radical (unpaired) electrons. The number of hydrogen-bond acceptors (Lipinski definition) is 7. The Hall–Kier alpha value is -3.68. The van der Waals surface area contributed by atoms with Gasteiger partial charge < -0.3 is 14.8 Å². The first-order valence-electron chi connectivity index (χ1n) is 9.86. The van der Waals surface area contributed by atoms with Crippen LogP contribution in [0.4, 0.5) is 0 Å². The fraction of sp³-hybridized carbons (Fsp3) is 0.227. The molecular formula is C22H22N4O5S. The molecule has 0 aliphatic carbocycles. The number of carbonyl (C=O) groups excluding carboxylic acids is 1. The van der Waals surface area contributed by atoms with Gasteiger partial charge >= 0.3 is 5.97 Å². The topological polar surface area (TPSA) is 136 Å². The Bertz CT molecular complexity index is 1280. The number of ether oxygens (including phenoxy) is 1. The van der Waals surface area contributed by atoms with Gasteiger partial charge in [0.15, 0.2) is 11.6 Å². The first-order chi connectivity index (χ1) is 15.3. The minimum atomic E-state index is -3.74. The molecule has 0 saturated heterocycles. The van der Waals surface area contributed by atoms with Crippen LogP contribution in [0.15, 0.2) is 59.2 Å². The molecule has 0 atom stereocenters. The number of aromatic nitrogens is 2. The van der Waals surface area contributed by atoms with Crippen molar-refractivity contribution >= 4 is 32.6 Å². The Kier molecular flexibility index (Phi) is 6.92. The lowest BCUT2D eigenvalue weighted by molar-refractivity contribution is 0.0502. The molecular weight excluding hydrogens is 432 g/mol. The maximum absolute atomic E-state index is 12.7. The third kappa shape index (κ3) is 4.64. The summed E-state index contributed by atoms with van der Waals surface area (Å²) in [6.45, 7) is 3.47. The number of carbonyl (C=O) groups is 1. The quantitative estimate of drug-likeness (QED) is 0.303. The van der Waals surface area contributed by atoms with E-state index < -0.39 is 28.4 Å². The molecule has 0 aliphatic rings. The van der Waals surface area contributed by atoms with Gasteiger partial charge in [-0.2, -0.15) is 9.57 Å². The summed E-state index contributed by atoms with van der Waals surface area (Å²) in [4.78, 5) is 19.6. The number of nitrogens with one attached hydrogen (secondary N) is 1. The fourth-order valence-corrected chi connectivity index (χ4v) is 4.62. The molecule has 3 aromatic rings. The van der Waals surface area contributed by atoms with Crippen molar-refractivity contribution in [2.45, 2.75) is 18.7 Å². The van der Waals surface area contributed by atoms with Gasteiger partial charge in [0, 0.05) is 13.1 Å². The molecule has 32 heavy (non-hydrogen) atoms. The summed E-state index contributed by atoms with van der Waals surface area (Å²) < 4.78 is 31.7. The van der Waals surface area contributed by atoms with E-state index in [1.807, 2.05) is 6.07 Å². The van der Waals surface area contributed by atoms with Gasteiger partial charge in [-0.3, -0.25) is 0 Å². The molecule has 3 rings (SSSR count). The summed E-state index contributed by atoms with van der Waals surface area (Å²) in [6, 6.07) is 14.5. The number of nitriles is 1. The number of benzene rings is 2. The predicted octanol–water partition coefficient (Wildman–Crippen LogP) is 3.24. The number of nitrogens with zero attached hydrogens (tertiary/aromatic N) is 3. The highest BCUT2D eigenvalue weighted by Crippen LogP contribution is 2.20. The minimum absolute atomic E-state index is 0.00766. The number of aromatic amines is 1. The Balaban J connectivity index is 1.79. The van der Waals surface area contributed by atoms with E-state index >= 15 is 0 Å². The van der Waals surface area contributed by atoms with E-state index in [0.717, 1.165) is 0 Å². The number of imidazole rings is 1. The lowest BCUT2D eigenvalue weighted by atomic mass is 10.2.